The third-order valence-corrected chi connectivity index (χ3v) is 13.9. The topological polar surface area (TPSA) is 95.2 Å². The number of benzene rings is 3. The van der Waals surface area contributed by atoms with Crippen molar-refractivity contribution in [2.24, 2.45) is 11.8 Å². The Morgan fingerprint density at radius 3 is 2.53 bits per heavy atom. The van der Waals surface area contributed by atoms with Gasteiger partial charge in [-0.25, -0.2) is 18.2 Å². The summed E-state index contributed by atoms with van der Waals surface area (Å²) in [5.74, 6) is -1.49. The number of pyridine rings is 1. The van der Waals surface area contributed by atoms with Crippen LogP contribution in [0.2, 0.25) is 10.0 Å². The summed E-state index contributed by atoms with van der Waals surface area (Å²) in [7, 11) is 0. The van der Waals surface area contributed by atoms with Crippen molar-refractivity contribution >= 4 is 50.9 Å². The van der Waals surface area contributed by atoms with E-state index in [0.717, 1.165) is 61.1 Å². The predicted octanol–water partition coefficient (Wildman–Crippen LogP) is 8.92. The van der Waals surface area contributed by atoms with Gasteiger partial charge in [0.15, 0.2) is 5.82 Å². The van der Waals surface area contributed by atoms with Crippen LogP contribution in [0.3, 0.4) is 0 Å². The van der Waals surface area contributed by atoms with Gasteiger partial charge in [-0.15, -0.1) is 0 Å². The molecule has 2 aliphatic carbocycles. The van der Waals surface area contributed by atoms with Gasteiger partial charge in [-0.2, -0.15) is 5.26 Å². The number of aromatic nitrogens is 2. The number of carbonyl (C=O) groups excluding carboxylic acids is 1. The SMILES string of the molecule is N#CCCc1cc2c(nc(C3CCNC3)c3cc(C4CC(OCc5c(F)cccc5F)CN4C(=O)C4CC4)n(C4C5CNC4C5)c32)c(F)c1-c1cccc(Cl)c1Cl. The van der Waals surface area contributed by atoms with Crippen LogP contribution >= 0.6 is 23.2 Å². The zero-order valence-electron chi connectivity index (χ0n) is 31.1. The average molecular weight is 814 g/mol. The lowest BCUT2D eigenvalue weighted by Gasteiger charge is -2.39. The van der Waals surface area contributed by atoms with Crippen molar-refractivity contribution in [3.63, 3.8) is 0 Å². The molecule has 0 spiro atoms. The van der Waals surface area contributed by atoms with Crippen LogP contribution in [0.15, 0.2) is 48.5 Å². The maximum Gasteiger partial charge on any atom is 0.226 e. The summed E-state index contributed by atoms with van der Waals surface area (Å²) in [6, 6.07) is 15.2. The minimum atomic E-state index is -0.668. The highest BCUT2D eigenvalue weighted by atomic mass is 35.5. The van der Waals surface area contributed by atoms with E-state index in [0.29, 0.717) is 52.5 Å². The van der Waals surface area contributed by atoms with E-state index < -0.39 is 29.6 Å². The van der Waals surface area contributed by atoms with Gasteiger partial charge in [-0.05, 0) is 80.5 Å². The number of likely N-dealkylation sites (tertiary alicyclic amines) is 1. The molecule has 57 heavy (non-hydrogen) atoms. The maximum atomic E-state index is 17.6. The Morgan fingerprint density at radius 2 is 1.82 bits per heavy atom. The molecule has 2 saturated carbocycles. The van der Waals surface area contributed by atoms with Crippen molar-refractivity contribution in [2.75, 3.05) is 26.2 Å². The van der Waals surface area contributed by atoms with Gasteiger partial charge in [0.1, 0.15) is 17.2 Å². The second-order valence-corrected chi connectivity index (χ2v) is 17.2. The second kappa shape index (κ2) is 14.6. The monoisotopic (exact) mass is 812 g/mol. The number of hydrogen-bond acceptors (Lipinski definition) is 6. The van der Waals surface area contributed by atoms with E-state index in [4.69, 9.17) is 32.9 Å². The Balaban J connectivity index is 1.19. The Kier molecular flexibility index (Phi) is 9.49. The van der Waals surface area contributed by atoms with E-state index in [1.54, 1.807) is 18.2 Å². The van der Waals surface area contributed by atoms with Crippen LogP contribution in [0.1, 0.15) is 79.0 Å². The summed E-state index contributed by atoms with van der Waals surface area (Å²) >= 11 is 13.2. The lowest BCUT2D eigenvalue weighted by molar-refractivity contribution is -0.134. The third-order valence-electron chi connectivity index (χ3n) is 13.1. The van der Waals surface area contributed by atoms with Gasteiger partial charge in [0.2, 0.25) is 5.91 Å². The van der Waals surface area contributed by atoms with Crippen molar-refractivity contribution in [1.29, 1.82) is 5.26 Å². The van der Waals surface area contributed by atoms with Gasteiger partial charge in [0.25, 0.3) is 0 Å². The van der Waals surface area contributed by atoms with E-state index in [1.807, 2.05) is 11.0 Å². The van der Waals surface area contributed by atoms with Crippen LogP contribution in [0, 0.1) is 40.6 Å². The van der Waals surface area contributed by atoms with Crippen LogP contribution in [0.4, 0.5) is 13.2 Å². The smallest absolute Gasteiger partial charge is 0.226 e. The summed E-state index contributed by atoms with van der Waals surface area (Å²) in [4.78, 5) is 21.3. The first-order valence-electron chi connectivity index (χ1n) is 20.0. The van der Waals surface area contributed by atoms with Gasteiger partial charge >= 0.3 is 0 Å². The number of nitrogens with one attached hydrogen (secondary N) is 2. The Hall–Kier alpha value is -4.18. The molecule has 1 amide bonds. The summed E-state index contributed by atoms with van der Waals surface area (Å²) in [5, 5.41) is 19.0. The van der Waals surface area contributed by atoms with E-state index >= 15 is 4.39 Å². The molecule has 6 aliphatic rings. The lowest BCUT2D eigenvalue weighted by Crippen LogP contribution is -2.41. The number of nitrogens with zero attached hydrogens (tertiary/aromatic N) is 4. The molecule has 13 heteroatoms. The standard InChI is InChI=1S/C44H41Cl2F3N6O2/c45-31-6-1-5-27(38(31)46)37-23(4-3-12-50)14-28-41(39(37)49)53-40(24-11-13-51-18-24)29-17-36(55(43(28)29)42-25-15-34(42)52-19-25)35-16-26(20-54(35)44(56)22-9-10-22)57-21-30-32(47)7-2-8-33(30)48/h1-2,5-8,14,17,22,24-26,34-35,42,51-52H,3-4,9-11,13,15-16,18-21H2. The summed E-state index contributed by atoms with van der Waals surface area (Å²) in [6.45, 7) is 2.40. The molecule has 6 heterocycles. The van der Waals surface area contributed by atoms with Gasteiger partial charge in [-0.1, -0.05) is 41.4 Å². The fourth-order valence-electron chi connectivity index (χ4n) is 10.0. The van der Waals surface area contributed by atoms with Crippen LogP contribution in [-0.4, -0.2) is 58.7 Å². The molecule has 2 N–H and O–H groups in total. The minimum Gasteiger partial charge on any atom is -0.371 e. The molecule has 0 radical (unpaired) electrons. The molecule has 2 aromatic heterocycles. The number of aryl methyl sites for hydroxylation is 1. The molecule has 4 saturated heterocycles. The summed E-state index contributed by atoms with van der Waals surface area (Å²) in [6.07, 6.45) is 3.92. The fourth-order valence-corrected chi connectivity index (χ4v) is 10.4. The number of ether oxygens (including phenoxy) is 1. The highest BCUT2D eigenvalue weighted by molar-refractivity contribution is 6.43. The molecule has 8 nitrogen and oxygen atoms in total. The zero-order valence-corrected chi connectivity index (χ0v) is 32.7. The maximum absolute atomic E-state index is 17.6. The molecule has 6 atom stereocenters. The third kappa shape index (κ3) is 6.22. The quantitative estimate of drug-likeness (QED) is 0.146. The van der Waals surface area contributed by atoms with Crippen molar-refractivity contribution < 1.29 is 22.7 Å². The van der Waals surface area contributed by atoms with Crippen LogP contribution in [-0.2, 0) is 22.6 Å². The Bertz CT molecular complexity index is 2460. The summed E-state index contributed by atoms with van der Waals surface area (Å²) < 4.78 is 55.7. The van der Waals surface area contributed by atoms with E-state index in [1.165, 1.54) is 18.2 Å². The molecule has 3 aromatic carbocycles. The molecule has 11 rings (SSSR count). The molecular formula is C44H41Cl2F3N6O2. The van der Waals surface area contributed by atoms with Gasteiger partial charge in [0.05, 0.1) is 52.1 Å². The number of fused-ring (bicyclic) bond motifs is 4. The molecule has 4 aliphatic heterocycles. The van der Waals surface area contributed by atoms with Gasteiger partial charge in [0, 0.05) is 83.5 Å². The predicted molar refractivity (Wildman–Crippen MR) is 212 cm³/mol. The zero-order chi connectivity index (χ0) is 39.1. The average Bonchev–Trinajstić information content (AvgIpc) is 3.72. The fraction of sp³-hybridized carbons (Fsp3) is 0.432. The number of carbonyl (C=O) groups is 1. The van der Waals surface area contributed by atoms with Crippen molar-refractivity contribution in [1.82, 2.24) is 25.1 Å². The van der Waals surface area contributed by atoms with Crippen LogP contribution in [0.5, 0.6) is 0 Å². The molecule has 6 fully saturated rings. The minimum absolute atomic E-state index is 0.0206. The highest BCUT2D eigenvalue weighted by Gasteiger charge is 2.51. The Morgan fingerprint density at radius 1 is 1.02 bits per heavy atom. The highest BCUT2D eigenvalue weighted by Crippen LogP contribution is 2.52. The lowest BCUT2D eigenvalue weighted by atomic mass is 9.79. The number of nitriles is 1. The molecule has 6 unspecified atom stereocenters. The van der Waals surface area contributed by atoms with E-state index in [-0.39, 0.29) is 65.4 Å². The molecule has 2 bridgehead atoms. The number of amides is 1. The van der Waals surface area contributed by atoms with E-state index in [2.05, 4.69) is 27.3 Å². The van der Waals surface area contributed by atoms with Crippen molar-refractivity contribution in [3.8, 4) is 17.2 Å². The first kappa shape index (κ1) is 37.1. The Labute approximate surface area is 338 Å². The van der Waals surface area contributed by atoms with E-state index in [9.17, 15) is 18.8 Å². The number of hydrogen-bond donors (Lipinski definition) is 2. The molecule has 5 aromatic rings. The summed E-state index contributed by atoms with van der Waals surface area (Å²) in [5.41, 5.74) is 4.08. The van der Waals surface area contributed by atoms with Crippen LogP contribution < -0.4 is 10.6 Å². The van der Waals surface area contributed by atoms with Crippen molar-refractivity contribution in [3.05, 3.63) is 98.5 Å². The number of halogens is 5. The largest absolute Gasteiger partial charge is 0.371 e. The van der Waals surface area contributed by atoms with Crippen LogP contribution in [0.25, 0.3) is 32.9 Å². The van der Waals surface area contributed by atoms with Gasteiger partial charge in [-0.3, -0.25) is 4.79 Å². The first-order valence-corrected chi connectivity index (χ1v) is 20.8. The van der Waals surface area contributed by atoms with Gasteiger partial charge < -0.3 is 24.8 Å². The molecule has 294 valence electrons. The second-order valence-electron chi connectivity index (χ2n) is 16.4. The normalized spacial score (nSPS) is 25.4. The van der Waals surface area contributed by atoms with Crippen molar-refractivity contribution in [2.45, 2.75) is 81.7 Å². The first-order chi connectivity index (χ1) is 27.7. The molecular weight excluding hydrogens is 772 g/mol. The number of rotatable bonds is 10.